The summed E-state index contributed by atoms with van der Waals surface area (Å²) in [6.45, 7) is 3.08. The molecule has 2 fully saturated rings. The van der Waals surface area contributed by atoms with Crippen molar-refractivity contribution in [2.24, 2.45) is 5.41 Å². The highest BCUT2D eigenvalue weighted by Crippen LogP contribution is 2.42. The van der Waals surface area contributed by atoms with Crippen molar-refractivity contribution in [1.29, 1.82) is 0 Å². The van der Waals surface area contributed by atoms with Crippen LogP contribution in [0.1, 0.15) is 49.7 Å². The van der Waals surface area contributed by atoms with Gasteiger partial charge in [-0.05, 0) is 38.2 Å². The third-order valence-electron chi connectivity index (χ3n) is 5.95. The average molecular weight is 345 g/mol. The summed E-state index contributed by atoms with van der Waals surface area (Å²) in [5, 5.41) is 12.7. The summed E-state index contributed by atoms with van der Waals surface area (Å²) in [4.78, 5) is 24.9. The third kappa shape index (κ3) is 3.43. The first-order chi connectivity index (χ1) is 12.0. The minimum Gasteiger partial charge on any atom is -0.481 e. The summed E-state index contributed by atoms with van der Waals surface area (Å²) in [5.74, 6) is -0.866. The van der Waals surface area contributed by atoms with Crippen molar-refractivity contribution in [3.8, 4) is 0 Å². The van der Waals surface area contributed by atoms with E-state index in [0.717, 1.165) is 36.8 Å². The fourth-order valence-corrected chi connectivity index (χ4v) is 4.22. The number of aliphatic carboxylic acids is 1. The molecule has 1 aromatic carbocycles. The standard InChI is InChI=1S/C20H27NO4/c1-15-5-4-6-16(13-15)20(7-2-3-8-20)17(22)21-14-19(18(23)24)9-11-25-12-10-19/h4-6,13H,2-3,7-12,14H2,1H3,(H,21,22)(H,23,24). The Labute approximate surface area is 148 Å². The second-order valence-electron chi connectivity index (χ2n) is 7.54. The predicted octanol–water partition coefficient (Wildman–Crippen LogP) is 2.80. The number of hydrogen-bond donors (Lipinski definition) is 2. The van der Waals surface area contributed by atoms with Crippen molar-refractivity contribution >= 4 is 11.9 Å². The molecule has 0 aromatic heterocycles. The first-order valence-electron chi connectivity index (χ1n) is 9.15. The van der Waals surface area contributed by atoms with Gasteiger partial charge in [0, 0.05) is 19.8 Å². The Morgan fingerprint density at radius 2 is 1.84 bits per heavy atom. The summed E-state index contributed by atoms with van der Waals surface area (Å²) >= 11 is 0. The molecule has 1 aliphatic heterocycles. The molecular formula is C20H27NO4. The van der Waals surface area contributed by atoms with E-state index in [1.807, 2.05) is 25.1 Å². The summed E-state index contributed by atoms with van der Waals surface area (Å²) < 4.78 is 5.31. The number of amides is 1. The van der Waals surface area contributed by atoms with Gasteiger partial charge in [-0.3, -0.25) is 9.59 Å². The number of hydrogen-bond acceptors (Lipinski definition) is 3. The van der Waals surface area contributed by atoms with E-state index in [2.05, 4.69) is 11.4 Å². The molecule has 1 aromatic rings. The molecule has 1 aliphatic carbocycles. The van der Waals surface area contributed by atoms with Crippen molar-refractivity contribution < 1.29 is 19.4 Å². The van der Waals surface area contributed by atoms with Gasteiger partial charge in [0.05, 0.1) is 10.8 Å². The highest BCUT2D eigenvalue weighted by Gasteiger charge is 2.45. The van der Waals surface area contributed by atoms with Crippen LogP contribution >= 0.6 is 0 Å². The Morgan fingerprint density at radius 1 is 1.16 bits per heavy atom. The molecule has 2 N–H and O–H groups in total. The smallest absolute Gasteiger partial charge is 0.311 e. The van der Waals surface area contributed by atoms with Crippen LogP contribution in [-0.4, -0.2) is 36.7 Å². The topological polar surface area (TPSA) is 75.6 Å². The molecular weight excluding hydrogens is 318 g/mol. The van der Waals surface area contributed by atoms with Gasteiger partial charge in [-0.2, -0.15) is 0 Å². The van der Waals surface area contributed by atoms with E-state index >= 15 is 0 Å². The number of carboxylic acids is 1. The molecule has 5 nitrogen and oxygen atoms in total. The van der Waals surface area contributed by atoms with Gasteiger partial charge in [-0.25, -0.2) is 0 Å². The molecule has 5 heteroatoms. The van der Waals surface area contributed by atoms with Crippen LogP contribution in [0.2, 0.25) is 0 Å². The van der Waals surface area contributed by atoms with Crippen LogP contribution in [0.4, 0.5) is 0 Å². The quantitative estimate of drug-likeness (QED) is 0.860. The van der Waals surface area contributed by atoms with Crippen molar-refractivity contribution in [1.82, 2.24) is 5.32 Å². The van der Waals surface area contributed by atoms with E-state index in [4.69, 9.17) is 4.74 Å². The van der Waals surface area contributed by atoms with Gasteiger partial charge in [0.1, 0.15) is 0 Å². The van der Waals surface area contributed by atoms with E-state index in [0.29, 0.717) is 26.1 Å². The van der Waals surface area contributed by atoms with Crippen molar-refractivity contribution in [2.75, 3.05) is 19.8 Å². The van der Waals surface area contributed by atoms with Crippen LogP contribution in [0.5, 0.6) is 0 Å². The molecule has 136 valence electrons. The van der Waals surface area contributed by atoms with Gasteiger partial charge in [0.2, 0.25) is 5.91 Å². The number of carbonyl (C=O) groups excluding carboxylic acids is 1. The van der Waals surface area contributed by atoms with Gasteiger partial charge in [0.25, 0.3) is 0 Å². The highest BCUT2D eigenvalue weighted by atomic mass is 16.5. The maximum atomic E-state index is 13.2. The van der Waals surface area contributed by atoms with E-state index in [9.17, 15) is 14.7 Å². The Kier molecular flexibility index (Phi) is 5.13. The Hall–Kier alpha value is -1.88. The van der Waals surface area contributed by atoms with E-state index < -0.39 is 16.8 Å². The van der Waals surface area contributed by atoms with Crippen molar-refractivity contribution in [3.63, 3.8) is 0 Å². The summed E-state index contributed by atoms with van der Waals surface area (Å²) in [6, 6.07) is 8.15. The lowest BCUT2D eigenvalue weighted by molar-refractivity contribution is -0.154. The van der Waals surface area contributed by atoms with Crippen LogP contribution < -0.4 is 5.32 Å². The highest BCUT2D eigenvalue weighted by molar-refractivity contribution is 5.89. The summed E-state index contributed by atoms with van der Waals surface area (Å²) in [7, 11) is 0. The second kappa shape index (κ2) is 7.16. The maximum Gasteiger partial charge on any atom is 0.311 e. The maximum absolute atomic E-state index is 13.2. The molecule has 0 bridgehead atoms. The van der Waals surface area contributed by atoms with E-state index in [-0.39, 0.29) is 12.5 Å². The molecule has 1 saturated heterocycles. The van der Waals surface area contributed by atoms with Gasteiger partial charge in [-0.1, -0.05) is 42.7 Å². The first-order valence-corrected chi connectivity index (χ1v) is 9.15. The van der Waals surface area contributed by atoms with Gasteiger partial charge >= 0.3 is 5.97 Å². The molecule has 1 amide bonds. The zero-order valence-corrected chi connectivity index (χ0v) is 14.8. The first kappa shape index (κ1) is 17.9. The minimum absolute atomic E-state index is 0.0253. The minimum atomic E-state index is -0.902. The van der Waals surface area contributed by atoms with Gasteiger partial charge in [-0.15, -0.1) is 0 Å². The Morgan fingerprint density at radius 3 is 2.44 bits per heavy atom. The zero-order valence-electron chi connectivity index (χ0n) is 14.8. The number of rotatable bonds is 5. The summed E-state index contributed by atoms with van der Waals surface area (Å²) in [6.07, 6.45) is 4.59. The van der Waals surface area contributed by atoms with Gasteiger partial charge in [0.15, 0.2) is 0 Å². The molecule has 0 spiro atoms. The molecule has 25 heavy (non-hydrogen) atoms. The molecule has 0 unspecified atom stereocenters. The van der Waals surface area contributed by atoms with Crippen LogP contribution in [-0.2, 0) is 19.7 Å². The lowest BCUT2D eigenvalue weighted by atomic mass is 9.76. The molecule has 0 atom stereocenters. The number of ether oxygens (including phenoxy) is 1. The van der Waals surface area contributed by atoms with Crippen LogP contribution in [0.15, 0.2) is 24.3 Å². The van der Waals surface area contributed by atoms with Crippen LogP contribution in [0.25, 0.3) is 0 Å². The third-order valence-corrected chi connectivity index (χ3v) is 5.95. The van der Waals surface area contributed by atoms with Crippen molar-refractivity contribution in [2.45, 2.75) is 50.9 Å². The monoisotopic (exact) mass is 345 g/mol. The number of carboxylic acid groups (broad SMARTS) is 1. The largest absolute Gasteiger partial charge is 0.481 e. The normalized spacial score (nSPS) is 21.6. The predicted molar refractivity (Wildman–Crippen MR) is 94.5 cm³/mol. The van der Waals surface area contributed by atoms with Crippen LogP contribution in [0, 0.1) is 12.3 Å². The van der Waals surface area contributed by atoms with Crippen LogP contribution in [0.3, 0.4) is 0 Å². The molecule has 3 rings (SSSR count). The second-order valence-corrected chi connectivity index (χ2v) is 7.54. The fraction of sp³-hybridized carbons (Fsp3) is 0.600. The lowest BCUT2D eigenvalue weighted by Crippen LogP contribution is -2.51. The average Bonchev–Trinajstić information content (AvgIpc) is 3.11. The number of benzene rings is 1. The van der Waals surface area contributed by atoms with E-state index in [1.54, 1.807) is 0 Å². The molecule has 1 saturated carbocycles. The number of carbonyl (C=O) groups is 2. The van der Waals surface area contributed by atoms with Gasteiger partial charge < -0.3 is 15.2 Å². The molecule has 2 aliphatic rings. The number of aryl methyl sites for hydroxylation is 1. The number of nitrogens with one attached hydrogen (secondary N) is 1. The Bertz CT molecular complexity index is 643. The molecule has 0 radical (unpaired) electrons. The summed E-state index contributed by atoms with van der Waals surface area (Å²) in [5.41, 5.74) is 0.777. The fourth-order valence-electron chi connectivity index (χ4n) is 4.22. The van der Waals surface area contributed by atoms with E-state index in [1.165, 1.54) is 0 Å². The van der Waals surface area contributed by atoms with Crippen molar-refractivity contribution in [3.05, 3.63) is 35.4 Å². The lowest BCUT2D eigenvalue weighted by Gasteiger charge is -2.35. The SMILES string of the molecule is Cc1cccc(C2(C(=O)NCC3(C(=O)O)CCOCC3)CCCC2)c1. The zero-order chi connectivity index (χ0) is 17.9. The Balaban J connectivity index is 1.79. The molecule has 1 heterocycles.